The lowest BCUT2D eigenvalue weighted by molar-refractivity contribution is 0.408. The second-order valence-corrected chi connectivity index (χ2v) is 5.09. The van der Waals surface area contributed by atoms with E-state index in [2.05, 4.69) is 55.6 Å². The minimum atomic E-state index is 0.367. The van der Waals surface area contributed by atoms with Crippen molar-refractivity contribution in [2.75, 3.05) is 13.7 Å². The van der Waals surface area contributed by atoms with E-state index < -0.39 is 0 Å². The predicted octanol–water partition coefficient (Wildman–Crippen LogP) is 3.90. The molecular weight excluding hydrogens is 246 g/mol. The van der Waals surface area contributed by atoms with Gasteiger partial charge in [0.15, 0.2) is 0 Å². The number of rotatable bonds is 6. The number of hydrogen-bond donors (Lipinski definition) is 1. The summed E-state index contributed by atoms with van der Waals surface area (Å²) in [6.07, 6.45) is 0.972. The van der Waals surface area contributed by atoms with Crippen LogP contribution in [0, 0.1) is 6.92 Å². The van der Waals surface area contributed by atoms with Crippen LogP contribution in [0.15, 0.2) is 48.5 Å². The quantitative estimate of drug-likeness (QED) is 0.859. The highest BCUT2D eigenvalue weighted by Gasteiger charge is 2.07. The smallest absolute Gasteiger partial charge is 0.122 e. The number of aryl methyl sites for hydroxylation is 1. The predicted molar refractivity (Wildman–Crippen MR) is 84.3 cm³/mol. The van der Waals surface area contributed by atoms with Crippen LogP contribution in [0.2, 0.25) is 0 Å². The van der Waals surface area contributed by atoms with E-state index >= 15 is 0 Å². The van der Waals surface area contributed by atoms with Crippen LogP contribution in [-0.4, -0.2) is 13.7 Å². The Morgan fingerprint density at radius 1 is 1.05 bits per heavy atom. The molecule has 0 radical (unpaired) electrons. The van der Waals surface area contributed by atoms with Gasteiger partial charge in [-0.3, -0.25) is 0 Å². The Balaban J connectivity index is 1.91. The fraction of sp³-hybridized carbons (Fsp3) is 0.333. The van der Waals surface area contributed by atoms with Crippen LogP contribution >= 0.6 is 0 Å². The molecule has 0 amide bonds. The van der Waals surface area contributed by atoms with Crippen molar-refractivity contribution in [1.29, 1.82) is 0 Å². The molecule has 106 valence electrons. The summed E-state index contributed by atoms with van der Waals surface area (Å²) < 4.78 is 5.38. The molecule has 2 heteroatoms. The second-order valence-electron chi connectivity index (χ2n) is 5.09. The first kappa shape index (κ1) is 14.6. The Morgan fingerprint density at radius 2 is 1.75 bits per heavy atom. The monoisotopic (exact) mass is 269 g/mol. The molecule has 0 fully saturated rings. The SMILES string of the molecule is COc1ccccc1CCNC(C)c1ccccc1C. The molecule has 0 saturated carbocycles. The van der Waals surface area contributed by atoms with Crippen LogP contribution in [0.4, 0.5) is 0 Å². The second kappa shape index (κ2) is 7.11. The van der Waals surface area contributed by atoms with Crippen molar-refractivity contribution < 1.29 is 4.74 Å². The summed E-state index contributed by atoms with van der Waals surface area (Å²) in [5.74, 6) is 0.970. The molecule has 2 rings (SSSR count). The molecule has 1 unspecified atom stereocenters. The van der Waals surface area contributed by atoms with Crippen LogP contribution in [0.5, 0.6) is 5.75 Å². The van der Waals surface area contributed by atoms with Crippen molar-refractivity contribution in [3.63, 3.8) is 0 Å². The highest BCUT2D eigenvalue weighted by molar-refractivity contribution is 5.33. The maximum atomic E-state index is 5.38. The van der Waals surface area contributed by atoms with Crippen LogP contribution in [0.3, 0.4) is 0 Å². The standard InChI is InChI=1S/C18H23NO/c1-14-8-4-6-10-17(14)15(2)19-13-12-16-9-5-7-11-18(16)20-3/h4-11,15,19H,12-13H2,1-3H3. The van der Waals surface area contributed by atoms with Gasteiger partial charge in [0.2, 0.25) is 0 Å². The number of hydrogen-bond acceptors (Lipinski definition) is 2. The molecule has 0 aromatic heterocycles. The molecule has 2 nitrogen and oxygen atoms in total. The van der Waals surface area contributed by atoms with Gasteiger partial charge in [0.25, 0.3) is 0 Å². The highest BCUT2D eigenvalue weighted by atomic mass is 16.5. The van der Waals surface area contributed by atoms with Crippen molar-refractivity contribution in [3.8, 4) is 5.75 Å². The Kier molecular flexibility index (Phi) is 5.19. The summed E-state index contributed by atoms with van der Waals surface area (Å²) in [5, 5.41) is 3.58. The van der Waals surface area contributed by atoms with E-state index in [1.54, 1.807) is 7.11 Å². The van der Waals surface area contributed by atoms with Crippen LogP contribution < -0.4 is 10.1 Å². The summed E-state index contributed by atoms with van der Waals surface area (Å²) >= 11 is 0. The van der Waals surface area contributed by atoms with E-state index in [-0.39, 0.29) is 0 Å². The van der Waals surface area contributed by atoms with E-state index in [0.717, 1.165) is 18.7 Å². The Hall–Kier alpha value is -1.80. The van der Waals surface area contributed by atoms with Crippen molar-refractivity contribution in [2.45, 2.75) is 26.3 Å². The molecule has 0 saturated heterocycles. The highest BCUT2D eigenvalue weighted by Crippen LogP contribution is 2.19. The van der Waals surface area contributed by atoms with E-state index in [0.29, 0.717) is 6.04 Å². The third-order valence-electron chi connectivity index (χ3n) is 3.69. The van der Waals surface area contributed by atoms with Crippen LogP contribution in [-0.2, 0) is 6.42 Å². The fourth-order valence-corrected chi connectivity index (χ4v) is 2.52. The summed E-state index contributed by atoms with van der Waals surface area (Å²) in [5.41, 5.74) is 3.96. The minimum Gasteiger partial charge on any atom is -0.496 e. The number of benzene rings is 2. The van der Waals surface area contributed by atoms with Crippen molar-refractivity contribution in [1.82, 2.24) is 5.32 Å². The summed E-state index contributed by atoms with van der Waals surface area (Å²) in [6, 6.07) is 17.1. The van der Waals surface area contributed by atoms with Gasteiger partial charge in [-0.2, -0.15) is 0 Å². The number of ether oxygens (including phenoxy) is 1. The zero-order valence-corrected chi connectivity index (χ0v) is 12.5. The van der Waals surface area contributed by atoms with Crippen molar-refractivity contribution in [3.05, 3.63) is 65.2 Å². The number of para-hydroxylation sites is 1. The molecule has 0 aliphatic heterocycles. The lowest BCUT2D eigenvalue weighted by Gasteiger charge is -2.17. The fourth-order valence-electron chi connectivity index (χ4n) is 2.52. The molecule has 2 aromatic rings. The van der Waals surface area contributed by atoms with Gasteiger partial charge in [0.05, 0.1) is 7.11 Å². The van der Waals surface area contributed by atoms with E-state index in [1.807, 2.05) is 12.1 Å². The minimum absolute atomic E-state index is 0.367. The maximum absolute atomic E-state index is 5.38. The van der Waals surface area contributed by atoms with Crippen molar-refractivity contribution >= 4 is 0 Å². The number of methoxy groups -OCH3 is 1. The van der Waals surface area contributed by atoms with E-state index in [4.69, 9.17) is 4.74 Å². The number of nitrogens with one attached hydrogen (secondary N) is 1. The summed E-state index contributed by atoms with van der Waals surface area (Å²) in [7, 11) is 1.72. The van der Waals surface area contributed by atoms with Gasteiger partial charge < -0.3 is 10.1 Å². The third kappa shape index (κ3) is 3.61. The summed E-state index contributed by atoms with van der Waals surface area (Å²) in [4.78, 5) is 0. The Morgan fingerprint density at radius 3 is 2.50 bits per heavy atom. The van der Waals surface area contributed by atoms with Crippen LogP contribution in [0.25, 0.3) is 0 Å². The molecule has 0 bridgehead atoms. The molecular formula is C18H23NO. The molecule has 0 aliphatic carbocycles. The van der Waals surface area contributed by atoms with Gasteiger partial charge in [-0.25, -0.2) is 0 Å². The van der Waals surface area contributed by atoms with Gasteiger partial charge in [-0.15, -0.1) is 0 Å². The third-order valence-corrected chi connectivity index (χ3v) is 3.69. The maximum Gasteiger partial charge on any atom is 0.122 e. The van der Waals surface area contributed by atoms with E-state index in [9.17, 15) is 0 Å². The van der Waals surface area contributed by atoms with Gasteiger partial charge in [-0.1, -0.05) is 42.5 Å². The molecule has 1 atom stereocenters. The topological polar surface area (TPSA) is 21.3 Å². The van der Waals surface area contributed by atoms with Crippen LogP contribution in [0.1, 0.15) is 29.7 Å². The lowest BCUT2D eigenvalue weighted by Crippen LogP contribution is -2.22. The van der Waals surface area contributed by atoms with Crippen molar-refractivity contribution in [2.24, 2.45) is 0 Å². The average molecular weight is 269 g/mol. The summed E-state index contributed by atoms with van der Waals surface area (Å²) in [6.45, 7) is 5.31. The Bertz CT molecular complexity index is 551. The van der Waals surface area contributed by atoms with Gasteiger partial charge in [0, 0.05) is 6.04 Å². The first-order chi connectivity index (χ1) is 9.72. The van der Waals surface area contributed by atoms with Gasteiger partial charge >= 0.3 is 0 Å². The average Bonchev–Trinajstić information content (AvgIpc) is 2.48. The van der Waals surface area contributed by atoms with E-state index in [1.165, 1.54) is 16.7 Å². The van der Waals surface area contributed by atoms with Gasteiger partial charge in [-0.05, 0) is 49.6 Å². The normalized spacial score (nSPS) is 12.2. The molecule has 1 N–H and O–H groups in total. The first-order valence-corrected chi connectivity index (χ1v) is 7.13. The first-order valence-electron chi connectivity index (χ1n) is 7.13. The zero-order chi connectivity index (χ0) is 14.4. The largest absolute Gasteiger partial charge is 0.496 e. The lowest BCUT2D eigenvalue weighted by atomic mass is 10.0. The molecule has 20 heavy (non-hydrogen) atoms. The molecule has 0 spiro atoms. The molecule has 0 heterocycles. The molecule has 0 aliphatic rings. The van der Waals surface area contributed by atoms with Gasteiger partial charge in [0.1, 0.15) is 5.75 Å². The zero-order valence-electron chi connectivity index (χ0n) is 12.5. The molecule has 2 aromatic carbocycles. The Labute approximate surface area is 121 Å².